The van der Waals surface area contributed by atoms with E-state index >= 15 is 0 Å². The van der Waals surface area contributed by atoms with Gasteiger partial charge in [-0.2, -0.15) is 5.10 Å². The maximum atomic E-state index is 5.91. The van der Waals surface area contributed by atoms with Crippen LogP contribution in [0.25, 0.3) is 0 Å². The second-order valence-corrected chi connectivity index (χ2v) is 4.74. The molecule has 108 valence electrons. The lowest BCUT2D eigenvalue weighted by Gasteiger charge is -2.11. The largest absolute Gasteiger partial charge is 0.491 e. The van der Waals surface area contributed by atoms with E-state index in [-0.39, 0.29) is 0 Å². The molecule has 5 heteroatoms. The zero-order valence-corrected chi connectivity index (χ0v) is 12.3. The highest BCUT2D eigenvalue weighted by molar-refractivity contribution is 5.67. The number of aryl methyl sites for hydroxylation is 2. The summed E-state index contributed by atoms with van der Waals surface area (Å²) < 4.78 is 7.45. The number of hydrogen-bond donors (Lipinski definition) is 2. The Morgan fingerprint density at radius 3 is 2.85 bits per heavy atom. The zero-order chi connectivity index (χ0) is 14.5. The number of aromatic nitrogens is 2. The number of anilines is 3. The van der Waals surface area contributed by atoms with Gasteiger partial charge in [-0.3, -0.25) is 4.68 Å². The molecule has 0 saturated heterocycles. The van der Waals surface area contributed by atoms with E-state index < -0.39 is 0 Å². The Balaban J connectivity index is 2.20. The van der Waals surface area contributed by atoms with Gasteiger partial charge in [-0.25, -0.2) is 0 Å². The molecule has 0 radical (unpaired) electrons. The van der Waals surface area contributed by atoms with Crippen LogP contribution in [0.4, 0.5) is 17.1 Å². The van der Waals surface area contributed by atoms with E-state index in [4.69, 9.17) is 10.5 Å². The van der Waals surface area contributed by atoms with Gasteiger partial charge in [0.1, 0.15) is 5.75 Å². The lowest BCUT2D eigenvalue weighted by atomic mass is 10.2. The number of nitrogens with two attached hydrogens (primary N) is 1. The molecule has 3 N–H and O–H groups in total. The van der Waals surface area contributed by atoms with Gasteiger partial charge < -0.3 is 15.8 Å². The van der Waals surface area contributed by atoms with E-state index in [9.17, 15) is 0 Å². The van der Waals surface area contributed by atoms with Crippen LogP contribution in [0, 0.1) is 0 Å². The monoisotopic (exact) mass is 274 g/mol. The first-order valence-electron chi connectivity index (χ1n) is 6.95. The van der Waals surface area contributed by atoms with Gasteiger partial charge in [-0.1, -0.05) is 13.8 Å². The predicted molar refractivity (Wildman–Crippen MR) is 82.5 cm³/mol. The van der Waals surface area contributed by atoms with Gasteiger partial charge in [0.25, 0.3) is 0 Å². The zero-order valence-electron chi connectivity index (χ0n) is 12.3. The summed E-state index contributed by atoms with van der Waals surface area (Å²) in [4.78, 5) is 0. The molecule has 1 aromatic carbocycles. The van der Waals surface area contributed by atoms with Crippen LogP contribution in [0.1, 0.15) is 26.0 Å². The van der Waals surface area contributed by atoms with Crippen LogP contribution in [0.5, 0.6) is 5.75 Å². The van der Waals surface area contributed by atoms with Crippen molar-refractivity contribution in [3.63, 3.8) is 0 Å². The number of ether oxygens (including phenoxy) is 1. The molecule has 0 aliphatic heterocycles. The normalized spacial score (nSPS) is 10.6. The Morgan fingerprint density at radius 1 is 1.35 bits per heavy atom. The van der Waals surface area contributed by atoms with Gasteiger partial charge in [0.2, 0.25) is 0 Å². The van der Waals surface area contributed by atoms with Crippen LogP contribution < -0.4 is 15.8 Å². The molecule has 0 amide bonds. The summed E-state index contributed by atoms with van der Waals surface area (Å²) in [5.74, 6) is 0.721. The molecule has 1 heterocycles. The first-order valence-corrected chi connectivity index (χ1v) is 6.95. The van der Waals surface area contributed by atoms with Crippen molar-refractivity contribution < 1.29 is 4.74 Å². The first-order chi connectivity index (χ1) is 9.63. The summed E-state index contributed by atoms with van der Waals surface area (Å²) in [7, 11) is 1.92. The molecule has 2 rings (SSSR count). The molecule has 0 saturated carbocycles. The van der Waals surface area contributed by atoms with Crippen LogP contribution in [0.15, 0.2) is 24.4 Å². The molecule has 0 bridgehead atoms. The van der Waals surface area contributed by atoms with Gasteiger partial charge in [-0.05, 0) is 25.0 Å². The molecule has 0 atom stereocenters. The third kappa shape index (κ3) is 3.23. The second kappa shape index (κ2) is 6.32. The second-order valence-electron chi connectivity index (χ2n) is 4.74. The van der Waals surface area contributed by atoms with Crippen molar-refractivity contribution in [2.24, 2.45) is 7.05 Å². The quantitative estimate of drug-likeness (QED) is 0.794. The summed E-state index contributed by atoms with van der Waals surface area (Å²) in [6.45, 7) is 4.83. The van der Waals surface area contributed by atoms with E-state index in [0.29, 0.717) is 12.3 Å². The van der Waals surface area contributed by atoms with Gasteiger partial charge in [-0.15, -0.1) is 0 Å². The first kappa shape index (κ1) is 14.2. The van der Waals surface area contributed by atoms with Crippen molar-refractivity contribution in [3.05, 3.63) is 30.1 Å². The molecule has 0 unspecified atom stereocenters. The Bertz CT molecular complexity index is 577. The fraction of sp³-hybridized carbons (Fsp3) is 0.400. The highest BCUT2D eigenvalue weighted by Gasteiger charge is 2.08. The van der Waals surface area contributed by atoms with Gasteiger partial charge in [0.15, 0.2) is 0 Å². The fourth-order valence-corrected chi connectivity index (χ4v) is 2.00. The molecule has 0 fully saturated rings. The maximum Gasteiger partial charge on any atom is 0.144 e. The van der Waals surface area contributed by atoms with Gasteiger partial charge in [0, 0.05) is 25.0 Å². The third-order valence-corrected chi connectivity index (χ3v) is 2.99. The van der Waals surface area contributed by atoms with Crippen LogP contribution >= 0.6 is 0 Å². The Kier molecular flexibility index (Phi) is 4.50. The molecule has 0 aliphatic carbocycles. The van der Waals surface area contributed by atoms with Crippen LogP contribution in [-0.2, 0) is 13.5 Å². The number of rotatable bonds is 6. The Labute approximate surface area is 119 Å². The molecule has 20 heavy (non-hydrogen) atoms. The molecule has 5 nitrogen and oxygen atoms in total. The smallest absolute Gasteiger partial charge is 0.144 e. The van der Waals surface area contributed by atoms with Gasteiger partial charge >= 0.3 is 0 Å². The minimum atomic E-state index is 0.658. The molecular weight excluding hydrogens is 252 g/mol. The Hall–Kier alpha value is -2.17. The van der Waals surface area contributed by atoms with Crippen LogP contribution in [0.3, 0.4) is 0 Å². The number of hydrogen-bond acceptors (Lipinski definition) is 4. The van der Waals surface area contributed by atoms with E-state index in [1.807, 2.05) is 36.1 Å². The summed E-state index contributed by atoms with van der Waals surface area (Å²) >= 11 is 0. The molecular formula is C15H22N4O. The summed E-state index contributed by atoms with van der Waals surface area (Å²) in [5.41, 5.74) is 9.58. The molecule has 2 aromatic rings. The highest BCUT2D eigenvalue weighted by Crippen LogP contribution is 2.28. The minimum absolute atomic E-state index is 0.658. The van der Waals surface area contributed by atoms with E-state index in [2.05, 4.69) is 24.3 Å². The van der Waals surface area contributed by atoms with Gasteiger partial charge in [0.05, 0.1) is 23.7 Å². The van der Waals surface area contributed by atoms with Crippen molar-refractivity contribution in [3.8, 4) is 5.75 Å². The Morgan fingerprint density at radius 2 is 2.15 bits per heavy atom. The van der Waals surface area contributed by atoms with Crippen molar-refractivity contribution in [2.75, 3.05) is 17.7 Å². The summed E-state index contributed by atoms with van der Waals surface area (Å²) in [5, 5.41) is 7.78. The van der Waals surface area contributed by atoms with E-state index in [1.54, 1.807) is 0 Å². The summed E-state index contributed by atoms with van der Waals surface area (Å²) in [6, 6.07) is 5.73. The standard InChI is InChI=1S/C15H22N4O/c1-4-8-20-15-9-11(6-7-12(15)16)17-14-10-19(3)18-13(14)5-2/h6-7,9-10,17H,4-5,8,16H2,1-3H3. The van der Waals surface area contributed by atoms with Crippen molar-refractivity contribution in [2.45, 2.75) is 26.7 Å². The van der Waals surface area contributed by atoms with Crippen molar-refractivity contribution in [1.82, 2.24) is 9.78 Å². The lowest BCUT2D eigenvalue weighted by Crippen LogP contribution is -2.00. The number of nitrogens with one attached hydrogen (secondary N) is 1. The summed E-state index contributed by atoms with van der Waals surface area (Å²) in [6.07, 6.45) is 3.82. The van der Waals surface area contributed by atoms with Crippen molar-refractivity contribution >= 4 is 17.1 Å². The maximum absolute atomic E-state index is 5.91. The molecule has 0 aliphatic rings. The third-order valence-electron chi connectivity index (χ3n) is 2.99. The number of nitrogen functional groups attached to an aromatic ring is 1. The topological polar surface area (TPSA) is 65.1 Å². The highest BCUT2D eigenvalue weighted by atomic mass is 16.5. The molecule has 0 spiro atoms. The number of nitrogens with zero attached hydrogens (tertiary/aromatic N) is 2. The van der Waals surface area contributed by atoms with Crippen LogP contribution in [0.2, 0.25) is 0 Å². The number of benzene rings is 1. The van der Waals surface area contributed by atoms with Crippen molar-refractivity contribution in [1.29, 1.82) is 0 Å². The lowest BCUT2D eigenvalue weighted by molar-refractivity contribution is 0.319. The van der Waals surface area contributed by atoms with Crippen LogP contribution in [-0.4, -0.2) is 16.4 Å². The average molecular weight is 274 g/mol. The fourth-order valence-electron chi connectivity index (χ4n) is 2.00. The van der Waals surface area contributed by atoms with E-state index in [1.165, 1.54) is 0 Å². The molecule has 1 aromatic heterocycles. The SMILES string of the molecule is CCCOc1cc(Nc2cn(C)nc2CC)ccc1N. The minimum Gasteiger partial charge on any atom is -0.491 e. The average Bonchev–Trinajstić information content (AvgIpc) is 2.79. The predicted octanol–water partition coefficient (Wildman–Crippen LogP) is 3.10. The van der Waals surface area contributed by atoms with E-state index in [0.717, 1.165) is 35.7 Å².